The minimum atomic E-state index is -2.06. The second-order valence-corrected chi connectivity index (χ2v) is 24.4. The number of aliphatic hydroxyl groups excluding tert-OH is 3. The molecule has 2 rings (SSSR count). The van der Waals surface area contributed by atoms with Gasteiger partial charge in [-0.2, -0.15) is 0 Å². The van der Waals surface area contributed by atoms with Gasteiger partial charge >= 0.3 is 53.7 Å². The van der Waals surface area contributed by atoms with E-state index in [4.69, 9.17) is 75.8 Å². The average molecular weight is 1640 g/mol. The lowest BCUT2D eigenvalue weighted by Gasteiger charge is -2.30. The highest BCUT2D eigenvalue weighted by Gasteiger charge is 2.35. The molecular weight excluding hydrogens is 1530 g/mol. The highest BCUT2D eigenvalue weighted by Crippen LogP contribution is 2.25. The summed E-state index contributed by atoms with van der Waals surface area (Å²) in [5.41, 5.74) is -0.217. The fourth-order valence-electron chi connectivity index (χ4n) is 9.84. The molecule has 0 saturated heterocycles. The lowest BCUT2D eigenvalue weighted by Crippen LogP contribution is -2.54. The summed E-state index contributed by atoms with van der Waals surface area (Å²) in [6, 6.07) is 14.6. The van der Waals surface area contributed by atoms with Crippen LogP contribution >= 0.6 is 0 Å². The molecule has 7 unspecified atom stereocenters. The van der Waals surface area contributed by atoms with Gasteiger partial charge in [-0.05, 0) is 29.7 Å². The number of hydrogen-bond donors (Lipinski definition) is 9. The molecule has 2 aromatic rings. The maximum atomic E-state index is 14.7. The van der Waals surface area contributed by atoms with E-state index < -0.39 is 200 Å². The summed E-state index contributed by atoms with van der Waals surface area (Å²) < 4.78 is 86.1. The number of nitrogens with zero attached hydrogens (tertiary/aromatic N) is 1. The minimum absolute atomic E-state index is 0.150. The molecule has 0 aliphatic rings. The molecule has 41 nitrogen and oxygen atoms in total. The second-order valence-electron chi connectivity index (χ2n) is 24.4. The van der Waals surface area contributed by atoms with E-state index in [0.717, 1.165) is 88.6 Å². The van der Waals surface area contributed by atoms with E-state index in [-0.39, 0.29) is 111 Å². The summed E-state index contributed by atoms with van der Waals surface area (Å²) in [5, 5.41) is 48.5. The number of carbonyl (C=O) groups is 15. The number of esters is 9. The van der Waals surface area contributed by atoms with Gasteiger partial charge in [0.25, 0.3) is 0 Å². The van der Waals surface area contributed by atoms with Crippen LogP contribution in [0.1, 0.15) is 113 Å². The number of rotatable bonds is 56. The number of amides is 6. The zero-order valence-corrected chi connectivity index (χ0v) is 66.2. The van der Waals surface area contributed by atoms with E-state index in [0.29, 0.717) is 11.3 Å². The van der Waals surface area contributed by atoms with Gasteiger partial charge in [0.05, 0.1) is 98.4 Å². The minimum Gasteiger partial charge on any atom is -0.489 e. The smallest absolute Gasteiger partial charge is 0.307 e. The van der Waals surface area contributed by atoms with Gasteiger partial charge in [-0.25, -0.2) is 0 Å². The third-order valence-corrected chi connectivity index (χ3v) is 14.3. The SMILES string of the molecule is CC(=O)N/C(=C(\OC(C)=O)C(CCOC(C)=O)OC(C)=O)C(O)OCCOCCNC(=O)CN(CC(=O)NCCOCCOC(O)/C(NC(C)=O)=C(/OC(C)=O)C(CCOC(C)=O)OC(C)=O)C(Cc1ccc(OCc2ccccc2)cc1)C(=O)NCCOCCOC(O)/C(NC(C)=O)=C(\OC(C)=O)C(CCOC(C)=O)OC(C)=O. The van der Waals surface area contributed by atoms with Crippen molar-refractivity contribution in [2.45, 2.75) is 159 Å². The molecule has 0 bridgehead atoms. The molecule has 0 spiro atoms. The van der Waals surface area contributed by atoms with Gasteiger partial charge < -0.3 is 123 Å². The van der Waals surface area contributed by atoms with Gasteiger partial charge in [0.1, 0.15) is 29.4 Å². The molecule has 2 aromatic carbocycles. The summed E-state index contributed by atoms with van der Waals surface area (Å²) in [5.74, 6) is -13.2. The van der Waals surface area contributed by atoms with Crippen molar-refractivity contribution < 1.29 is 163 Å². The Bertz CT molecular complexity index is 3500. The van der Waals surface area contributed by atoms with E-state index in [1.54, 1.807) is 24.3 Å². The maximum absolute atomic E-state index is 14.7. The first-order chi connectivity index (χ1) is 54.5. The number of benzene rings is 2. The monoisotopic (exact) mass is 1640 g/mol. The third-order valence-electron chi connectivity index (χ3n) is 14.3. The van der Waals surface area contributed by atoms with Crippen molar-refractivity contribution in [3.8, 4) is 5.75 Å². The molecule has 0 fully saturated rings. The van der Waals surface area contributed by atoms with Crippen molar-refractivity contribution in [3.63, 3.8) is 0 Å². The van der Waals surface area contributed by atoms with Gasteiger partial charge in [0, 0.05) is 122 Å². The number of hydrogen-bond acceptors (Lipinski definition) is 35. The Labute approximate surface area is 663 Å². The summed E-state index contributed by atoms with van der Waals surface area (Å²) in [6.45, 7) is 7.18. The maximum Gasteiger partial charge on any atom is 0.307 e. The third kappa shape index (κ3) is 45.6. The lowest BCUT2D eigenvalue weighted by molar-refractivity contribution is -0.154. The Morgan fingerprint density at radius 1 is 0.365 bits per heavy atom. The second kappa shape index (κ2) is 56.4. The largest absolute Gasteiger partial charge is 0.489 e. The molecule has 0 saturated carbocycles. The molecule has 0 heterocycles. The van der Waals surface area contributed by atoms with Crippen LogP contribution in [0, 0.1) is 0 Å². The normalized spacial score (nSPS) is 13.5. The number of ether oxygens (including phenoxy) is 16. The molecule has 0 aliphatic carbocycles. The van der Waals surface area contributed by atoms with Crippen molar-refractivity contribution in [3.05, 3.63) is 100 Å². The van der Waals surface area contributed by atoms with E-state index in [1.165, 1.54) is 4.90 Å². The van der Waals surface area contributed by atoms with Crippen LogP contribution in [0.2, 0.25) is 0 Å². The molecule has 640 valence electrons. The van der Waals surface area contributed by atoms with E-state index >= 15 is 0 Å². The summed E-state index contributed by atoms with van der Waals surface area (Å²) >= 11 is 0. The van der Waals surface area contributed by atoms with Gasteiger partial charge in [-0.15, -0.1) is 0 Å². The lowest BCUT2D eigenvalue weighted by atomic mass is 10.0. The molecule has 115 heavy (non-hydrogen) atoms. The Morgan fingerprint density at radius 2 is 0.696 bits per heavy atom. The molecular formula is C74H105N7O34. The predicted octanol–water partition coefficient (Wildman–Crippen LogP) is -0.731. The molecule has 0 aromatic heterocycles. The van der Waals surface area contributed by atoms with Crippen molar-refractivity contribution in [2.24, 2.45) is 0 Å². The van der Waals surface area contributed by atoms with Gasteiger partial charge in [0.2, 0.25) is 35.4 Å². The fraction of sp³-hybridized carbons (Fsp3) is 0.554. The topological polar surface area (TPSA) is 540 Å². The highest BCUT2D eigenvalue weighted by atomic mass is 16.6. The Hall–Kier alpha value is -10.9. The summed E-state index contributed by atoms with van der Waals surface area (Å²) in [6.07, 6.45) is -11.7. The van der Waals surface area contributed by atoms with Crippen LogP contribution in [0.15, 0.2) is 89.0 Å². The summed E-state index contributed by atoms with van der Waals surface area (Å²) in [7, 11) is 0. The molecule has 7 atom stereocenters. The van der Waals surface area contributed by atoms with Crippen LogP contribution < -0.4 is 36.6 Å². The Balaban J connectivity index is 2.53. The van der Waals surface area contributed by atoms with E-state index in [1.807, 2.05) is 30.3 Å². The van der Waals surface area contributed by atoms with Crippen LogP contribution in [-0.4, -0.2) is 265 Å². The average Bonchev–Trinajstić information content (AvgIpc) is 0.876. The molecule has 0 radical (unpaired) electrons. The number of nitrogens with one attached hydrogen (secondary N) is 6. The van der Waals surface area contributed by atoms with E-state index in [2.05, 4.69) is 31.9 Å². The molecule has 0 aliphatic heterocycles. The fourth-order valence-corrected chi connectivity index (χ4v) is 9.84. The van der Waals surface area contributed by atoms with Crippen LogP contribution in [0.25, 0.3) is 0 Å². The molecule has 6 amide bonds. The van der Waals surface area contributed by atoms with Gasteiger partial charge in [-0.3, -0.25) is 76.8 Å². The quantitative estimate of drug-likeness (QED) is 0.0130. The first kappa shape index (κ1) is 100. The standard InChI is InChI=1S/C74H105N7O34/c1-44(82)78-65(68(113-53(10)91)60(110-50(7)88)22-28-103-47(4)85)72(97)106-37-34-100-31-25-75-63(94)41-81(42-64(95)76-26-32-101-35-38-107-73(98)66(79-45(2)83)69(114-54(11)92)61(111-51(8)89)23-29-104-48(5)86)59(40-56-18-20-58(21-19-56)109-43-57-16-14-13-15-17-57)71(96)77-27-33-102-36-39-108-74(99)67(80-46(3)84)70(115-55(12)93)62(112-52(9)90)24-30-105-49(6)87/h13-21,59-62,72-74,97-99H,22-43H2,1-12H3,(H,75,94)(H,76,95)(H,77,96)(H,78,82)(H,79,83)(H,80,84)/b68-65-,69-66-,70-67+. The Morgan fingerprint density at radius 3 is 1.00 bits per heavy atom. The molecule has 41 heteroatoms. The zero-order valence-electron chi connectivity index (χ0n) is 66.2. The van der Waals surface area contributed by atoms with Crippen LogP contribution in [-0.2, 0) is 156 Å². The van der Waals surface area contributed by atoms with Gasteiger partial charge in [0.15, 0.2) is 54.5 Å². The van der Waals surface area contributed by atoms with Crippen molar-refractivity contribution >= 4 is 89.2 Å². The predicted molar refractivity (Wildman–Crippen MR) is 392 cm³/mol. The first-order valence-electron chi connectivity index (χ1n) is 35.9. The van der Waals surface area contributed by atoms with Crippen molar-refractivity contribution in [1.82, 2.24) is 36.8 Å². The van der Waals surface area contributed by atoms with Crippen molar-refractivity contribution in [1.29, 1.82) is 0 Å². The number of carbonyl (C=O) groups excluding carboxylic acids is 15. The highest BCUT2D eigenvalue weighted by molar-refractivity contribution is 5.86. The van der Waals surface area contributed by atoms with Gasteiger partial charge in [-0.1, -0.05) is 42.5 Å². The first-order valence-corrected chi connectivity index (χ1v) is 35.9. The van der Waals surface area contributed by atoms with Crippen LogP contribution in [0.3, 0.4) is 0 Å². The van der Waals surface area contributed by atoms with Crippen LogP contribution in [0.5, 0.6) is 5.75 Å². The molecule has 9 N–H and O–H groups in total. The zero-order chi connectivity index (χ0) is 86.0. The Kier molecular flexibility index (Phi) is 49.1. The number of aliphatic hydroxyl groups is 3. The van der Waals surface area contributed by atoms with Crippen molar-refractivity contribution in [2.75, 3.05) is 112 Å². The van der Waals surface area contributed by atoms with E-state index in [9.17, 15) is 87.2 Å². The summed E-state index contributed by atoms with van der Waals surface area (Å²) in [4.78, 5) is 189. The van der Waals surface area contributed by atoms with Crippen LogP contribution in [0.4, 0.5) is 0 Å².